The van der Waals surface area contributed by atoms with E-state index in [1.165, 1.54) is 22.4 Å². The Bertz CT molecular complexity index is 2300. The third-order valence-electron chi connectivity index (χ3n) is 9.48. The monoisotopic (exact) mass is 767 g/mol. The largest absolute Gasteiger partial charge is 0.504 e. The van der Waals surface area contributed by atoms with Crippen LogP contribution in [0, 0.1) is 6.92 Å². The van der Waals surface area contributed by atoms with Crippen molar-refractivity contribution in [1.82, 2.24) is 34.0 Å². The number of aromatic hydroxyl groups is 1. The molecule has 0 saturated carbocycles. The van der Waals surface area contributed by atoms with Gasteiger partial charge in [0.1, 0.15) is 18.6 Å². The van der Waals surface area contributed by atoms with E-state index in [0.717, 1.165) is 49.1 Å². The fourth-order valence-electron chi connectivity index (χ4n) is 6.79. The average molecular weight is 768 g/mol. The molecule has 2 aliphatic rings. The topological polar surface area (TPSA) is 171 Å². The Labute approximate surface area is 311 Å². The minimum Gasteiger partial charge on any atom is -0.504 e. The predicted molar refractivity (Wildman–Crippen MR) is 194 cm³/mol. The van der Waals surface area contributed by atoms with Gasteiger partial charge >= 0.3 is 6.18 Å². The lowest BCUT2D eigenvalue weighted by Gasteiger charge is -2.36. The number of nitrogens with zero attached hydrogens (tertiary/aromatic N) is 8. The van der Waals surface area contributed by atoms with Crippen LogP contribution in [0.25, 0.3) is 17.2 Å². The maximum Gasteiger partial charge on any atom is 0.416 e. The molecule has 2 aromatic carbocycles. The first-order valence-corrected chi connectivity index (χ1v) is 17.5. The highest BCUT2D eigenvalue weighted by atomic mass is 35.5. The summed E-state index contributed by atoms with van der Waals surface area (Å²) in [4.78, 5) is 57.1. The summed E-state index contributed by atoms with van der Waals surface area (Å²) in [6, 6.07) is 8.60. The number of anilines is 2. The Kier molecular flexibility index (Phi) is 10.9. The highest BCUT2D eigenvalue weighted by molar-refractivity contribution is 6.33. The zero-order valence-electron chi connectivity index (χ0n) is 29.6. The number of alkyl halides is 3. The van der Waals surface area contributed by atoms with Gasteiger partial charge in [0.15, 0.2) is 17.3 Å². The summed E-state index contributed by atoms with van der Waals surface area (Å²) in [6.45, 7) is 3.91. The van der Waals surface area contributed by atoms with E-state index < -0.39 is 29.1 Å². The average Bonchev–Trinajstić information content (AvgIpc) is 3.83. The molecule has 0 spiro atoms. The minimum absolute atomic E-state index is 0.0130. The number of hydrogen-bond donors (Lipinski definition) is 3. The normalized spacial score (nSPS) is 14.1. The fraction of sp³-hybridized carbons (Fsp3) is 0.361. The van der Waals surface area contributed by atoms with Gasteiger partial charge < -0.3 is 29.9 Å². The van der Waals surface area contributed by atoms with E-state index in [0.29, 0.717) is 23.5 Å². The van der Waals surface area contributed by atoms with Crippen LogP contribution in [0.15, 0.2) is 47.5 Å². The summed E-state index contributed by atoms with van der Waals surface area (Å²) in [5.74, 6) is -0.984. The predicted octanol–water partition coefficient (Wildman–Crippen LogP) is 4.29. The van der Waals surface area contributed by atoms with Crippen molar-refractivity contribution in [2.24, 2.45) is 0 Å². The second-order valence-corrected chi connectivity index (χ2v) is 13.1. The van der Waals surface area contributed by atoms with E-state index in [1.807, 2.05) is 30.0 Å². The second kappa shape index (κ2) is 15.4. The lowest BCUT2D eigenvalue weighted by Crippen LogP contribution is -2.51. The van der Waals surface area contributed by atoms with Crippen LogP contribution in [0.5, 0.6) is 5.75 Å². The van der Waals surface area contributed by atoms with Crippen LogP contribution in [0.2, 0.25) is 5.02 Å². The number of halogens is 4. The molecule has 2 amide bonds. The van der Waals surface area contributed by atoms with Crippen LogP contribution in [0.4, 0.5) is 24.5 Å². The first kappa shape index (κ1) is 38.2. The molecule has 1 aliphatic heterocycles. The third-order valence-corrected chi connectivity index (χ3v) is 9.79. The van der Waals surface area contributed by atoms with Crippen molar-refractivity contribution in [2.45, 2.75) is 52.3 Å². The second-order valence-electron chi connectivity index (χ2n) is 12.7. The van der Waals surface area contributed by atoms with Crippen molar-refractivity contribution < 1.29 is 33.0 Å². The Morgan fingerprint density at radius 1 is 1.00 bits per heavy atom. The fourth-order valence-corrected chi connectivity index (χ4v) is 7.02. The van der Waals surface area contributed by atoms with Crippen LogP contribution in [-0.4, -0.2) is 89.3 Å². The Balaban J connectivity index is 0.00000245. The van der Waals surface area contributed by atoms with E-state index >= 15 is 0 Å². The number of benzene rings is 2. The number of aromatic nitrogens is 6. The van der Waals surface area contributed by atoms with Gasteiger partial charge in [0.25, 0.3) is 11.5 Å². The molecule has 0 unspecified atom stereocenters. The molecule has 1 aliphatic carbocycles. The van der Waals surface area contributed by atoms with Crippen LogP contribution >= 0.6 is 11.6 Å². The van der Waals surface area contributed by atoms with Crippen molar-refractivity contribution in [2.75, 3.05) is 43.5 Å². The Morgan fingerprint density at radius 2 is 1.72 bits per heavy atom. The molecule has 7 rings (SSSR count). The molecule has 3 aromatic heterocycles. The molecule has 18 heteroatoms. The van der Waals surface area contributed by atoms with E-state index in [9.17, 15) is 32.7 Å². The quantitative estimate of drug-likeness (QED) is 0.217. The van der Waals surface area contributed by atoms with Gasteiger partial charge in [-0.1, -0.05) is 30.7 Å². The standard InChI is InChI=1S/C35H33ClF3N9O4.CH4O/c1-3-26-29(45-11-13-46(14-12-45)32(51)28-30(50)19(2)40-18-41-28)33(52)48-34(43-31(44-48)22-8-7-20-5-4-6-21(20)15-22)47(26)17-27(49)42-25-10-9-23(16-24(25)36)35(37,38)39;1-2/h7-10,15-16,18,50H,3-6,11-14,17H2,1-2H3,(H,42,49);2H,1H3. The van der Waals surface area contributed by atoms with Crippen molar-refractivity contribution in [3.8, 4) is 17.1 Å². The van der Waals surface area contributed by atoms with Gasteiger partial charge in [-0.25, -0.2) is 9.97 Å². The number of fused-ring (bicyclic) bond motifs is 2. The molecule has 0 bridgehead atoms. The maximum absolute atomic E-state index is 14.3. The summed E-state index contributed by atoms with van der Waals surface area (Å²) >= 11 is 6.14. The number of aliphatic hydroxyl groups is 1. The van der Waals surface area contributed by atoms with Gasteiger partial charge in [-0.3, -0.25) is 14.4 Å². The molecule has 0 atom stereocenters. The maximum atomic E-state index is 14.3. The van der Waals surface area contributed by atoms with Crippen molar-refractivity contribution in [3.63, 3.8) is 0 Å². The molecule has 54 heavy (non-hydrogen) atoms. The number of nitrogens with one attached hydrogen (secondary N) is 1. The molecule has 1 saturated heterocycles. The van der Waals surface area contributed by atoms with Crippen molar-refractivity contribution >= 4 is 40.6 Å². The number of amides is 2. The zero-order chi connectivity index (χ0) is 38.9. The lowest BCUT2D eigenvalue weighted by molar-refractivity contribution is -0.137. The molecule has 5 aromatic rings. The number of aliphatic hydroxyl groups excluding tert-OH is 1. The summed E-state index contributed by atoms with van der Waals surface area (Å²) in [6.07, 6.45) is -0.157. The van der Waals surface area contributed by atoms with E-state index in [4.69, 9.17) is 21.7 Å². The first-order valence-electron chi connectivity index (χ1n) is 17.1. The number of carbonyl (C=O) groups excluding carboxylic acids is 2. The molecule has 284 valence electrons. The number of carbonyl (C=O) groups is 2. The summed E-state index contributed by atoms with van der Waals surface area (Å²) in [5.41, 5.74) is 2.64. The van der Waals surface area contributed by atoms with Gasteiger partial charge in [-0.15, -0.1) is 5.10 Å². The third kappa shape index (κ3) is 7.33. The molecular formula is C36H37ClF3N9O5. The first-order chi connectivity index (χ1) is 25.8. The summed E-state index contributed by atoms with van der Waals surface area (Å²) < 4.78 is 42.4. The van der Waals surface area contributed by atoms with Crippen LogP contribution in [0.3, 0.4) is 0 Å². The Hall–Kier alpha value is -5.55. The summed E-state index contributed by atoms with van der Waals surface area (Å²) in [7, 11) is 1.00. The summed E-state index contributed by atoms with van der Waals surface area (Å²) in [5, 5.41) is 24.3. The Morgan fingerprint density at radius 3 is 2.41 bits per heavy atom. The minimum atomic E-state index is -4.61. The number of aryl methyl sites for hydroxylation is 3. The van der Waals surface area contributed by atoms with Crippen LogP contribution in [0.1, 0.15) is 51.9 Å². The number of hydrogen-bond acceptors (Lipinski definition) is 10. The van der Waals surface area contributed by atoms with Crippen LogP contribution < -0.4 is 15.8 Å². The number of piperazine rings is 1. The highest BCUT2D eigenvalue weighted by Crippen LogP contribution is 2.34. The smallest absolute Gasteiger partial charge is 0.416 e. The van der Waals surface area contributed by atoms with Crippen LogP contribution in [-0.2, 0) is 36.8 Å². The molecule has 4 heterocycles. The number of rotatable bonds is 7. The molecule has 14 nitrogen and oxygen atoms in total. The van der Waals surface area contributed by atoms with Gasteiger partial charge in [-0.2, -0.15) is 22.7 Å². The van der Waals surface area contributed by atoms with Gasteiger partial charge in [0, 0.05) is 38.9 Å². The van der Waals surface area contributed by atoms with Gasteiger partial charge in [0.05, 0.1) is 27.7 Å². The molecule has 3 N–H and O–H groups in total. The van der Waals surface area contributed by atoms with Crippen molar-refractivity contribution in [3.05, 3.63) is 91.9 Å². The highest BCUT2D eigenvalue weighted by Gasteiger charge is 2.32. The van der Waals surface area contributed by atoms with Gasteiger partial charge in [-0.05, 0) is 68.0 Å². The van der Waals surface area contributed by atoms with E-state index in [-0.39, 0.29) is 72.0 Å². The SMILES string of the molecule is CCc1c(N2CCN(C(=O)c3ncnc(C)c3O)CC2)c(=O)n2nc(-c3ccc4c(c3)CCC4)nc2n1CC(=O)Nc1ccc(C(F)(F)F)cc1Cl.CO. The molecule has 1 fully saturated rings. The zero-order valence-corrected chi connectivity index (χ0v) is 30.4. The molecule has 0 radical (unpaired) electrons. The molecular weight excluding hydrogens is 731 g/mol. The van der Waals surface area contributed by atoms with E-state index in [1.54, 1.807) is 11.5 Å². The lowest BCUT2D eigenvalue weighted by atomic mass is 10.1. The van der Waals surface area contributed by atoms with Gasteiger partial charge in [0.2, 0.25) is 11.7 Å². The van der Waals surface area contributed by atoms with Crippen molar-refractivity contribution in [1.29, 1.82) is 0 Å². The van der Waals surface area contributed by atoms with E-state index in [2.05, 4.69) is 20.4 Å².